The highest BCUT2D eigenvalue weighted by atomic mass is 15.3. The van der Waals surface area contributed by atoms with Gasteiger partial charge in [-0.15, -0.1) is 0 Å². The Hall–Kier alpha value is -1.75. The van der Waals surface area contributed by atoms with Gasteiger partial charge in [0.1, 0.15) is 0 Å². The molecule has 0 spiro atoms. The lowest BCUT2D eigenvalue weighted by molar-refractivity contribution is 0.476. The van der Waals surface area contributed by atoms with Crippen molar-refractivity contribution in [3.05, 3.63) is 29.3 Å². The van der Waals surface area contributed by atoms with Crippen LogP contribution in [0.4, 0.5) is 0 Å². The molecule has 5 heteroatoms. The predicted molar refractivity (Wildman–Crippen MR) is 64.4 cm³/mol. The molecular weight excluding hydrogens is 214 g/mol. The molecule has 0 aromatic carbocycles. The van der Waals surface area contributed by atoms with Gasteiger partial charge in [0.05, 0.1) is 24.0 Å². The summed E-state index contributed by atoms with van der Waals surface area (Å²) in [6.45, 7) is 6.71. The number of nitrogens with zero attached hydrogens (tertiary/aromatic N) is 4. The SMILES string of the molecule is Cc1cc(C)nc(-c2cnn3c2CNCC3)n1. The molecule has 0 bridgehead atoms. The van der Waals surface area contributed by atoms with Gasteiger partial charge < -0.3 is 5.32 Å². The molecule has 17 heavy (non-hydrogen) atoms. The highest BCUT2D eigenvalue weighted by Crippen LogP contribution is 2.22. The van der Waals surface area contributed by atoms with Crippen LogP contribution in [0.5, 0.6) is 0 Å². The van der Waals surface area contributed by atoms with Crippen molar-refractivity contribution in [2.75, 3.05) is 6.54 Å². The summed E-state index contributed by atoms with van der Waals surface area (Å²) < 4.78 is 2.03. The summed E-state index contributed by atoms with van der Waals surface area (Å²) in [6.07, 6.45) is 1.87. The van der Waals surface area contributed by atoms with E-state index in [-0.39, 0.29) is 0 Å². The maximum atomic E-state index is 4.49. The van der Waals surface area contributed by atoms with Gasteiger partial charge in [-0.1, -0.05) is 0 Å². The lowest BCUT2D eigenvalue weighted by Crippen LogP contribution is -2.28. The number of aryl methyl sites for hydroxylation is 2. The number of rotatable bonds is 1. The Morgan fingerprint density at radius 3 is 2.76 bits per heavy atom. The van der Waals surface area contributed by atoms with Crippen molar-refractivity contribution in [2.24, 2.45) is 0 Å². The van der Waals surface area contributed by atoms with Crippen LogP contribution in [0.3, 0.4) is 0 Å². The predicted octanol–water partition coefficient (Wildman–Crippen LogP) is 1.06. The van der Waals surface area contributed by atoms with Crippen LogP contribution in [-0.4, -0.2) is 26.3 Å². The topological polar surface area (TPSA) is 55.6 Å². The van der Waals surface area contributed by atoms with Crippen molar-refractivity contribution in [3.8, 4) is 11.4 Å². The molecule has 2 aromatic heterocycles. The molecule has 2 aromatic rings. The highest BCUT2D eigenvalue weighted by molar-refractivity contribution is 5.57. The summed E-state index contributed by atoms with van der Waals surface area (Å²) in [7, 11) is 0. The summed E-state index contributed by atoms with van der Waals surface area (Å²) in [6, 6.07) is 1.98. The van der Waals surface area contributed by atoms with Gasteiger partial charge in [0, 0.05) is 24.5 Å². The van der Waals surface area contributed by atoms with E-state index in [9.17, 15) is 0 Å². The van der Waals surface area contributed by atoms with Gasteiger partial charge in [0.2, 0.25) is 0 Å². The van der Waals surface area contributed by atoms with Crippen LogP contribution in [-0.2, 0) is 13.1 Å². The molecule has 1 aliphatic rings. The molecule has 0 amide bonds. The van der Waals surface area contributed by atoms with Gasteiger partial charge in [-0.05, 0) is 19.9 Å². The van der Waals surface area contributed by atoms with Crippen molar-refractivity contribution in [3.63, 3.8) is 0 Å². The fourth-order valence-corrected chi connectivity index (χ4v) is 2.21. The van der Waals surface area contributed by atoms with Gasteiger partial charge in [-0.2, -0.15) is 5.10 Å². The number of hydrogen-bond acceptors (Lipinski definition) is 4. The first-order valence-electron chi connectivity index (χ1n) is 5.82. The second-order valence-electron chi connectivity index (χ2n) is 4.38. The van der Waals surface area contributed by atoms with E-state index >= 15 is 0 Å². The third-order valence-corrected chi connectivity index (χ3v) is 2.96. The Kier molecular flexibility index (Phi) is 2.40. The largest absolute Gasteiger partial charge is 0.309 e. The Morgan fingerprint density at radius 1 is 1.24 bits per heavy atom. The van der Waals surface area contributed by atoms with Crippen LogP contribution in [0.15, 0.2) is 12.3 Å². The second kappa shape index (κ2) is 3.92. The van der Waals surface area contributed by atoms with Crippen molar-refractivity contribution in [1.82, 2.24) is 25.1 Å². The fourth-order valence-electron chi connectivity index (χ4n) is 2.21. The molecule has 0 saturated heterocycles. The molecule has 0 fully saturated rings. The summed E-state index contributed by atoms with van der Waals surface area (Å²) in [5, 5.41) is 7.74. The van der Waals surface area contributed by atoms with E-state index in [4.69, 9.17) is 0 Å². The summed E-state index contributed by atoms with van der Waals surface area (Å²) in [5.74, 6) is 0.785. The van der Waals surface area contributed by atoms with Gasteiger partial charge in [-0.3, -0.25) is 4.68 Å². The molecule has 1 N–H and O–H groups in total. The summed E-state index contributed by atoms with van der Waals surface area (Å²) >= 11 is 0. The van der Waals surface area contributed by atoms with E-state index in [1.54, 1.807) is 0 Å². The molecule has 0 aliphatic carbocycles. The van der Waals surface area contributed by atoms with Crippen LogP contribution in [0.25, 0.3) is 11.4 Å². The van der Waals surface area contributed by atoms with Crippen LogP contribution in [0, 0.1) is 13.8 Å². The number of hydrogen-bond donors (Lipinski definition) is 1. The molecule has 1 aliphatic heterocycles. The molecule has 0 saturated carbocycles. The van der Waals surface area contributed by atoms with Gasteiger partial charge in [0.25, 0.3) is 0 Å². The number of fused-ring (bicyclic) bond motifs is 1. The minimum atomic E-state index is 0.785. The van der Waals surface area contributed by atoms with E-state index in [2.05, 4.69) is 20.4 Å². The monoisotopic (exact) mass is 229 g/mol. The Morgan fingerprint density at radius 2 is 2.00 bits per heavy atom. The van der Waals surface area contributed by atoms with Crippen molar-refractivity contribution < 1.29 is 0 Å². The first-order valence-corrected chi connectivity index (χ1v) is 5.82. The minimum Gasteiger partial charge on any atom is -0.309 e. The van der Waals surface area contributed by atoms with E-state index in [0.717, 1.165) is 42.4 Å². The van der Waals surface area contributed by atoms with E-state index in [1.165, 1.54) is 5.69 Å². The molecule has 3 heterocycles. The molecule has 0 radical (unpaired) electrons. The van der Waals surface area contributed by atoms with Crippen LogP contribution in [0.2, 0.25) is 0 Å². The number of aromatic nitrogens is 4. The lowest BCUT2D eigenvalue weighted by Gasteiger charge is -2.15. The standard InChI is InChI=1S/C12H15N5/c1-8-5-9(2)16-12(15-8)10-6-14-17-4-3-13-7-11(10)17/h5-6,13H,3-4,7H2,1-2H3. The van der Waals surface area contributed by atoms with Gasteiger partial charge >= 0.3 is 0 Å². The first-order chi connectivity index (χ1) is 8.24. The molecule has 3 rings (SSSR count). The average Bonchev–Trinajstić information content (AvgIpc) is 2.71. The third-order valence-electron chi connectivity index (χ3n) is 2.96. The number of nitrogens with one attached hydrogen (secondary N) is 1. The van der Waals surface area contributed by atoms with Crippen molar-refractivity contribution in [2.45, 2.75) is 26.9 Å². The second-order valence-corrected chi connectivity index (χ2v) is 4.38. The maximum Gasteiger partial charge on any atom is 0.163 e. The Bertz CT molecular complexity index is 538. The summed E-state index contributed by atoms with van der Waals surface area (Å²) in [5.41, 5.74) is 4.22. The molecule has 88 valence electrons. The minimum absolute atomic E-state index is 0.785. The molecule has 5 nitrogen and oxygen atoms in total. The lowest BCUT2D eigenvalue weighted by atomic mass is 10.2. The van der Waals surface area contributed by atoms with E-state index in [0.29, 0.717) is 0 Å². The van der Waals surface area contributed by atoms with Gasteiger partial charge in [0.15, 0.2) is 5.82 Å². The fraction of sp³-hybridized carbons (Fsp3) is 0.417. The van der Waals surface area contributed by atoms with E-state index < -0.39 is 0 Å². The Balaban J connectivity index is 2.11. The molecular formula is C12H15N5. The van der Waals surface area contributed by atoms with E-state index in [1.807, 2.05) is 30.8 Å². The van der Waals surface area contributed by atoms with Crippen molar-refractivity contribution >= 4 is 0 Å². The third kappa shape index (κ3) is 1.82. The zero-order valence-electron chi connectivity index (χ0n) is 10.1. The smallest absolute Gasteiger partial charge is 0.163 e. The van der Waals surface area contributed by atoms with Crippen LogP contribution >= 0.6 is 0 Å². The highest BCUT2D eigenvalue weighted by Gasteiger charge is 2.17. The Labute approximate surface area is 99.9 Å². The first kappa shape index (κ1) is 10.4. The van der Waals surface area contributed by atoms with Crippen LogP contribution < -0.4 is 5.32 Å². The molecule has 0 unspecified atom stereocenters. The quantitative estimate of drug-likeness (QED) is 0.794. The zero-order valence-corrected chi connectivity index (χ0v) is 10.1. The molecule has 0 atom stereocenters. The zero-order chi connectivity index (χ0) is 11.8. The summed E-state index contributed by atoms with van der Waals surface area (Å²) in [4.78, 5) is 8.98. The van der Waals surface area contributed by atoms with Crippen LogP contribution in [0.1, 0.15) is 17.1 Å². The van der Waals surface area contributed by atoms with Crippen molar-refractivity contribution in [1.29, 1.82) is 0 Å². The van der Waals surface area contributed by atoms with Gasteiger partial charge in [-0.25, -0.2) is 9.97 Å². The average molecular weight is 229 g/mol. The maximum absolute atomic E-state index is 4.49. The normalized spacial score (nSPS) is 14.7.